The van der Waals surface area contributed by atoms with Crippen molar-refractivity contribution in [2.24, 2.45) is 0 Å². The Balaban J connectivity index is 1.08. The summed E-state index contributed by atoms with van der Waals surface area (Å²) in [6.07, 6.45) is 8.45. The van der Waals surface area contributed by atoms with Gasteiger partial charge in [-0.15, -0.1) is 0 Å². The average molecular weight is 829 g/mol. The Kier molecular flexibility index (Phi) is 10.7. The molecule has 64 heavy (non-hydrogen) atoms. The Morgan fingerprint density at radius 2 is 0.406 bits per heavy atom. The molecule has 2 heterocycles. The fraction of sp³-hybridized carbons (Fsp3) is 0.0333. The smallest absolute Gasteiger partial charge is 0.135 e. The third kappa shape index (κ3) is 8.58. The van der Waals surface area contributed by atoms with Crippen molar-refractivity contribution in [2.45, 2.75) is 13.8 Å². The van der Waals surface area contributed by atoms with Crippen molar-refractivity contribution in [2.75, 3.05) is 0 Å². The number of hydrogen-bond acceptors (Lipinski definition) is 4. The first-order valence-electron chi connectivity index (χ1n) is 21.4. The van der Waals surface area contributed by atoms with Gasteiger partial charge in [0.2, 0.25) is 0 Å². The zero-order chi connectivity index (χ0) is 43.6. The van der Waals surface area contributed by atoms with Gasteiger partial charge in [0.15, 0.2) is 0 Å². The van der Waals surface area contributed by atoms with Gasteiger partial charge in [-0.05, 0) is 118 Å². The fourth-order valence-electron chi connectivity index (χ4n) is 8.01. The first-order chi connectivity index (χ1) is 31.3. The maximum atomic E-state index is 9.88. The highest BCUT2D eigenvalue weighted by Gasteiger charge is 2.22. The van der Waals surface area contributed by atoms with Crippen molar-refractivity contribution in [1.29, 1.82) is 0 Å². The molecule has 0 fully saturated rings. The number of allylic oxidation sites excluding steroid dienone is 6. The molecule has 0 spiro atoms. The second-order valence-corrected chi connectivity index (χ2v) is 16.3. The molecule has 2 N–H and O–H groups in total. The lowest BCUT2D eigenvalue weighted by Crippen LogP contribution is -2.04. The largest absolute Gasteiger partial charge is 0.508 e. The lowest BCUT2D eigenvalue weighted by atomic mass is 9.95. The molecule has 0 radical (unpaired) electrons. The molecule has 0 aliphatic carbocycles. The molecule has 0 amide bonds. The van der Waals surface area contributed by atoms with Crippen LogP contribution in [0.1, 0.15) is 33.4 Å². The van der Waals surface area contributed by atoms with E-state index in [1.54, 1.807) is 24.3 Å². The molecule has 4 nitrogen and oxygen atoms in total. The maximum absolute atomic E-state index is 9.88. The highest BCUT2D eigenvalue weighted by Crippen LogP contribution is 2.40. The van der Waals surface area contributed by atoms with Gasteiger partial charge in [0.05, 0.1) is 0 Å². The molecule has 0 saturated carbocycles. The van der Waals surface area contributed by atoms with Crippen LogP contribution in [0.4, 0.5) is 0 Å². The van der Waals surface area contributed by atoms with Crippen LogP contribution in [-0.4, -0.2) is 10.2 Å². The summed E-state index contributed by atoms with van der Waals surface area (Å²) in [5, 5.41) is 19.8. The quantitative estimate of drug-likeness (QED) is 0.160. The Labute approximate surface area is 374 Å². The van der Waals surface area contributed by atoms with Crippen LogP contribution in [0, 0.1) is 13.8 Å². The van der Waals surface area contributed by atoms with Crippen LogP contribution in [0.5, 0.6) is 11.5 Å². The predicted octanol–water partition coefficient (Wildman–Crippen LogP) is 15.2. The third-order valence-electron chi connectivity index (χ3n) is 11.8. The number of rotatable bonds is 8. The van der Waals surface area contributed by atoms with Gasteiger partial charge < -0.3 is 19.7 Å². The van der Waals surface area contributed by atoms with Crippen LogP contribution >= 0.6 is 0 Å². The molecule has 0 aromatic heterocycles. The molecule has 0 saturated heterocycles. The molecule has 0 atom stereocenters. The average Bonchev–Trinajstić information content (AvgIpc) is 3.35. The van der Waals surface area contributed by atoms with E-state index in [-0.39, 0.29) is 11.5 Å². The van der Waals surface area contributed by atoms with Crippen molar-refractivity contribution >= 4 is 23.0 Å². The lowest BCUT2D eigenvalue weighted by molar-refractivity contribution is 0.464. The van der Waals surface area contributed by atoms with Crippen molar-refractivity contribution in [3.05, 3.63) is 263 Å². The number of aromatic hydroxyl groups is 2. The third-order valence-corrected chi connectivity index (χ3v) is 11.8. The standard InChI is InChI=1S/C60H44O4/c1-39-3-7-41(8-4-39)43-11-19-49(20-12-43)57-35-53(37-59(63-57)51-23-15-45(16-24-51)47-27-31-55(61)32-28-47)54-36-58(50-21-13-44(14-22-50)42-9-5-40(2)6-10-42)64-60(38-54)52-25-17-46(18-26-52)48-29-33-56(62)34-30-48/h3-38,61-62H,1-2H3/b54-53-. The minimum Gasteiger partial charge on any atom is -0.508 e. The van der Waals surface area contributed by atoms with Crippen LogP contribution in [-0.2, 0) is 9.47 Å². The van der Waals surface area contributed by atoms with E-state index >= 15 is 0 Å². The highest BCUT2D eigenvalue weighted by molar-refractivity contribution is 5.85. The van der Waals surface area contributed by atoms with Gasteiger partial charge in [-0.3, -0.25) is 0 Å². The van der Waals surface area contributed by atoms with E-state index in [1.807, 2.05) is 24.3 Å². The Hall–Kier alpha value is -8.34. The van der Waals surface area contributed by atoms with E-state index in [1.165, 1.54) is 11.1 Å². The second kappa shape index (κ2) is 17.2. The number of hydrogen-bond donors (Lipinski definition) is 2. The SMILES string of the molecule is Cc1ccc(-c2ccc(C3=C/C(=C4\C=C(c5ccc(-c6ccc(C)cc6)cc5)OC(c5ccc(-c6ccc(O)cc6)cc5)=C4)C=C(c4ccc(-c5ccc(O)cc5)cc4)O3)cc2)cc1. The van der Waals surface area contributed by atoms with Gasteiger partial charge in [-0.2, -0.15) is 0 Å². The molecule has 4 heteroatoms. The Bertz CT molecular complexity index is 2700. The highest BCUT2D eigenvalue weighted by atomic mass is 16.5. The minimum atomic E-state index is 0.237. The fourth-order valence-corrected chi connectivity index (χ4v) is 8.01. The van der Waals surface area contributed by atoms with E-state index < -0.39 is 0 Å². The van der Waals surface area contributed by atoms with Crippen LogP contribution < -0.4 is 0 Å². The molecule has 2 aliphatic rings. The number of benzene rings is 8. The topological polar surface area (TPSA) is 58.9 Å². The molecular formula is C60H44O4. The summed E-state index contributed by atoms with van der Waals surface area (Å²) in [6.45, 7) is 4.20. The van der Waals surface area contributed by atoms with E-state index in [0.717, 1.165) is 101 Å². The second-order valence-electron chi connectivity index (χ2n) is 16.3. The van der Waals surface area contributed by atoms with Crippen molar-refractivity contribution < 1.29 is 19.7 Å². The van der Waals surface area contributed by atoms with E-state index in [0.29, 0.717) is 0 Å². The maximum Gasteiger partial charge on any atom is 0.135 e. The predicted molar refractivity (Wildman–Crippen MR) is 261 cm³/mol. The first kappa shape index (κ1) is 39.8. The van der Waals surface area contributed by atoms with Gasteiger partial charge in [0, 0.05) is 22.3 Å². The Morgan fingerprint density at radius 3 is 0.625 bits per heavy atom. The van der Waals surface area contributed by atoms with Crippen molar-refractivity contribution in [3.8, 4) is 56.0 Å². The van der Waals surface area contributed by atoms with Gasteiger partial charge in [-0.1, -0.05) is 181 Å². The number of phenols is 2. The van der Waals surface area contributed by atoms with E-state index in [2.05, 4.69) is 184 Å². The minimum absolute atomic E-state index is 0.237. The van der Waals surface area contributed by atoms with E-state index in [4.69, 9.17) is 9.47 Å². The normalized spacial score (nSPS) is 14.7. The number of phenolic OH excluding ortho intramolecular Hbond substituents is 2. The molecule has 2 aliphatic heterocycles. The van der Waals surface area contributed by atoms with Crippen molar-refractivity contribution in [3.63, 3.8) is 0 Å². The van der Waals surface area contributed by atoms with Gasteiger partial charge in [-0.25, -0.2) is 0 Å². The zero-order valence-electron chi connectivity index (χ0n) is 35.5. The van der Waals surface area contributed by atoms with Crippen LogP contribution in [0.25, 0.3) is 67.5 Å². The summed E-state index contributed by atoms with van der Waals surface area (Å²) in [5.41, 5.74) is 16.9. The van der Waals surface area contributed by atoms with Crippen LogP contribution in [0.3, 0.4) is 0 Å². The molecular weight excluding hydrogens is 785 g/mol. The summed E-state index contributed by atoms with van der Waals surface area (Å²) in [7, 11) is 0. The van der Waals surface area contributed by atoms with Gasteiger partial charge in [0.1, 0.15) is 34.5 Å². The Morgan fingerprint density at radius 1 is 0.234 bits per heavy atom. The van der Waals surface area contributed by atoms with Crippen LogP contribution in [0.2, 0.25) is 0 Å². The molecule has 0 bridgehead atoms. The van der Waals surface area contributed by atoms with Crippen molar-refractivity contribution in [1.82, 2.24) is 0 Å². The summed E-state index contributed by atoms with van der Waals surface area (Å²) in [6, 6.07) is 65.4. The summed E-state index contributed by atoms with van der Waals surface area (Å²) < 4.78 is 13.6. The summed E-state index contributed by atoms with van der Waals surface area (Å²) in [4.78, 5) is 0. The summed E-state index contributed by atoms with van der Waals surface area (Å²) in [5.74, 6) is 3.38. The van der Waals surface area contributed by atoms with Gasteiger partial charge in [0.25, 0.3) is 0 Å². The molecule has 10 rings (SSSR count). The molecule has 308 valence electrons. The molecule has 8 aromatic carbocycles. The monoisotopic (exact) mass is 828 g/mol. The molecule has 0 unspecified atom stereocenters. The first-order valence-corrected chi connectivity index (χ1v) is 21.4. The number of aryl methyl sites for hydroxylation is 2. The van der Waals surface area contributed by atoms with E-state index in [9.17, 15) is 10.2 Å². The van der Waals surface area contributed by atoms with Crippen LogP contribution in [0.15, 0.2) is 230 Å². The zero-order valence-corrected chi connectivity index (χ0v) is 35.5. The lowest BCUT2D eigenvalue weighted by Gasteiger charge is -2.23. The number of ether oxygens (including phenoxy) is 2. The summed E-state index contributed by atoms with van der Waals surface area (Å²) >= 11 is 0. The van der Waals surface area contributed by atoms with Gasteiger partial charge >= 0.3 is 0 Å². The molecule has 8 aromatic rings.